The second-order valence-electron chi connectivity index (χ2n) is 2.08. The summed E-state index contributed by atoms with van der Waals surface area (Å²) < 4.78 is 120. The molecule has 0 atom stereocenters. The third-order valence-corrected chi connectivity index (χ3v) is 5.07. The quantitative estimate of drug-likeness (QED) is 0.115. The van der Waals surface area contributed by atoms with Crippen LogP contribution in [0.3, 0.4) is 0 Å². The summed E-state index contributed by atoms with van der Waals surface area (Å²) in [6, 6.07) is 0. The van der Waals surface area contributed by atoms with Crippen LogP contribution >= 0.6 is 34.8 Å². The molecule has 0 aliphatic heterocycles. The van der Waals surface area contributed by atoms with Crippen LogP contribution in [0.25, 0.3) is 0 Å². The van der Waals surface area contributed by atoms with E-state index in [0.717, 1.165) is 14.1 Å². The van der Waals surface area contributed by atoms with Gasteiger partial charge in [-0.2, -0.15) is 0 Å². The van der Waals surface area contributed by atoms with Crippen LogP contribution in [-0.2, 0) is 57.5 Å². The summed E-state index contributed by atoms with van der Waals surface area (Å²) in [5.74, 6) is 0. The van der Waals surface area contributed by atoms with Crippen molar-refractivity contribution in [1.29, 1.82) is 0 Å². The molecular weight excluding hydrogens is 580 g/mol. The van der Waals surface area contributed by atoms with Crippen LogP contribution in [0.1, 0.15) is 0 Å². The zero-order valence-corrected chi connectivity index (χ0v) is 19.5. The molecule has 0 bridgehead atoms. The predicted octanol–water partition coefficient (Wildman–Crippen LogP) is 5.00. The van der Waals surface area contributed by atoms with Crippen molar-refractivity contribution < 1.29 is 91.1 Å². The van der Waals surface area contributed by atoms with E-state index < -0.39 is 34.8 Å². The molecule has 21 heteroatoms. The van der Waals surface area contributed by atoms with E-state index in [1.54, 1.807) is 0 Å². The molecule has 0 saturated carbocycles. The monoisotopic (exact) mass is 591 g/mol. The molecule has 0 aromatic heterocycles. The molecule has 0 aliphatic rings. The molecule has 0 spiro atoms. The maximum absolute atomic E-state index is 11.3. The number of carbonyl (C=O) groups excluding carboxylic acids is 1. The number of nitrogens with zero attached hydrogens (tertiary/aromatic N) is 2. The van der Waals surface area contributed by atoms with E-state index in [1.807, 2.05) is 0 Å². The second-order valence-corrected chi connectivity index (χ2v) is 7.58. The van der Waals surface area contributed by atoms with Gasteiger partial charge in [0, 0.05) is 34.1 Å². The number of halogens is 8. The summed E-state index contributed by atoms with van der Waals surface area (Å²) in [6.07, 6.45) is 0. The first kappa shape index (κ1) is 56.8. The fraction of sp³-hybridized carbons (Fsp3) is 0.286. The number of hydrogen-bond donors (Lipinski definition) is 0. The van der Waals surface area contributed by atoms with Crippen molar-refractivity contribution in [3.63, 3.8) is 0 Å². The molecule has 0 rings (SSSR count). The Balaban J connectivity index is -0.0000000242. The Morgan fingerprint density at radius 1 is 0.536 bits per heavy atom. The van der Waals surface area contributed by atoms with Gasteiger partial charge >= 0.3 is 80.0 Å². The molecule has 0 unspecified atom stereocenters. The summed E-state index contributed by atoms with van der Waals surface area (Å²) in [5, 5.41) is 0. The van der Waals surface area contributed by atoms with E-state index in [-0.39, 0.29) is 43.0 Å². The SMILES string of the molecule is CN([PH+](F)F)[PH+](F)F.CN([PH+](F)F)[PH+](F)F.[C-]#[O+].[C-]#[O+].[C-]#[O+].[C-]#[O+].[CH-]=O.[Fe].[Fe]. The minimum Gasteiger partial charge on any atom is -0.545 e. The van der Waals surface area contributed by atoms with Gasteiger partial charge in [0.25, 0.3) is 0 Å². The van der Waals surface area contributed by atoms with Crippen molar-refractivity contribution in [3.8, 4) is 0 Å². The number of rotatable bonds is 4. The zero-order valence-electron chi connectivity index (χ0n) is 13.2. The molecule has 28 heavy (non-hydrogen) atoms. The Labute approximate surface area is 182 Å². The molecule has 0 aliphatic carbocycles. The Bertz CT molecular complexity index is 289. The van der Waals surface area contributed by atoms with Crippen LogP contribution in [0.2, 0.25) is 0 Å². The van der Waals surface area contributed by atoms with Gasteiger partial charge < -0.3 is 4.79 Å². The minimum absolute atomic E-state index is 0. The van der Waals surface area contributed by atoms with Gasteiger partial charge in [-0.15, -0.1) is 0 Å². The molecule has 0 fully saturated rings. The molecule has 0 N–H and O–H groups in total. The van der Waals surface area contributed by atoms with Crippen LogP contribution in [0.5, 0.6) is 0 Å². The van der Waals surface area contributed by atoms with Crippen molar-refractivity contribution >= 4 is 41.6 Å². The van der Waals surface area contributed by atoms with Gasteiger partial charge in [-0.3, -0.25) is 6.79 Å². The maximum atomic E-state index is 11.3. The van der Waals surface area contributed by atoms with E-state index in [0.29, 0.717) is 0 Å². The van der Waals surface area contributed by atoms with E-state index in [9.17, 15) is 33.6 Å². The molecular formula is C7H11F8Fe2N2O5P4+3. The van der Waals surface area contributed by atoms with Crippen molar-refractivity contribution in [3.05, 3.63) is 26.6 Å². The normalized spacial score (nSPS) is 7.29. The second kappa shape index (κ2) is 56.5. The summed E-state index contributed by atoms with van der Waals surface area (Å²) in [4.78, 5) is 7.75. The Morgan fingerprint density at radius 2 is 0.607 bits per heavy atom. The predicted molar refractivity (Wildman–Crippen MR) is 80.1 cm³/mol. The topological polar surface area (TPSA) is 103 Å². The Morgan fingerprint density at radius 3 is 0.607 bits per heavy atom. The van der Waals surface area contributed by atoms with Crippen molar-refractivity contribution in [2.24, 2.45) is 0 Å². The van der Waals surface area contributed by atoms with E-state index in [1.165, 1.54) is 0 Å². The van der Waals surface area contributed by atoms with Crippen LogP contribution in [0.4, 0.5) is 33.6 Å². The van der Waals surface area contributed by atoms with Gasteiger partial charge in [0.2, 0.25) is 0 Å². The Kier molecular flexibility index (Phi) is 114. The fourth-order valence-corrected chi connectivity index (χ4v) is 1.15. The van der Waals surface area contributed by atoms with E-state index >= 15 is 0 Å². The first-order chi connectivity index (χ1) is 12.1. The minimum atomic E-state index is -3.88. The van der Waals surface area contributed by atoms with E-state index in [2.05, 4.69) is 33.4 Å². The first-order valence-corrected chi connectivity index (χ1v) is 9.17. The van der Waals surface area contributed by atoms with Crippen LogP contribution in [0, 0.1) is 26.6 Å². The van der Waals surface area contributed by atoms with Crippen LogP contribution < -0.4 is 0 Å². The third-order valence-electron chi connectivity index (χ3n) is 1.01. The van der Waals surface area contributed by atoms with Crippen LogP contribution in [-0.4, -0.2) is 29.8 Å². The van der Waals surface area contributed by atoms with Gasteiger partial charge in [-0.05, 0) is 33.6 Å². The summed E-state index contributed by atoms with van der Waals surface area (Å²) >= 11 is 0. The van der Waals surface area contributed by atoms with E-state index in [4.69, 9.17) is 23.4 Å². The zero-order chi connectivity index (χ0) is 23.5. The molecule has 168 valence electrons. The van der Waals surface area contributed by atoms with Crippen molar-refractivity contribution in [2.45, 2.75) is 0 Å². The Hall–Kier alpha value is 0.749. The molecule has 0 heterocycles. The molecule has 0 aromatic rings. The van der Waals surface area contributed by atoms with Gasteiger partial charge in [-0.1, -0.05) is 0 Å². The van der Waals surface area contributed by atoms with Crippen molar-refractivity contribution in [1.82, 2.24) is 8.88 Å². The van der Waals surface area contributed by atoms with Gasteiger partial charge in [0.15, 0.2) is 0 Å². The molecule has 0 saturated heterocycles. The standard InChI is InChI=1S/2CH3F4NP2.CHO.4CO.2Fe/c2*1-6(7(2)3)8(4)5;5*1-2;;/h2*1H3;1H;;;;;;/q;;-1;;;;;;/p+4. The smallest absolute Gasteiger partial charge is 0 e. The van der Waals surface area contributed by atoms with Gasteiger partial charge in [0.05, 0.1) is 23.0 Å². The van der Waals surface area contributed by atoms with Gasteiger partial charge in [0.1, 0.15) is 0 Å². The average Bonchev–Trinajstić information content (AvgIpc) is 2.68. The molecule has 0 aromatic carbocycles. The summed E-state index contributed by atoms with van der Waals surface area (Å²) in [7, 11) is -14.1. The average molecular weight is 591 g/mol. The summed E-state index contributed by atoms with van der Waals surface area (Å²) in [6.45, 7) is 21.2. The molecule has 0 amide bonds. The van der Waals surface area contributed by atoms with Crippen LogP contribution in [0.15, 0.2) is 0 Å². The fourth-order valence-electron chi connectivity index (χ4n) is 0.128. The summed E-state index contributed by atoms with van der Waals surface area (Å²) in [5.41, 5.74) is 0. The first-order valence-electron chi connectivity index (χ1n) is 4.35. The largest absolute Gasteiger partial charge is 0.545 e. The van der Waals surface area contributed by atoms with Crippen molar-refractivity contribution in [2.75, 3.05) is 14.1 Å². The maximum Gasteiger partial charge on any atom is 0 e. The molecule has 7 nitrogen and oxygen atoms in total. The number of hydrogen-bond acceptors (Lipinski definition) is 3. The third kappa shape index (κ3) is 63.2. The van der Waals surface area contributed by atoms with Gasteiger partial charge in [-0.25, -0.2) is 0 Å². The molecule has 0 radical (unpaired) electrons.